The second-order valence-corrected chi connectivity index (χ2v) is 8.57. The van der Waals surface area contributed by atoms with Crippen molar-refractivity contribution in [1.82, 2.24) is 4.90 Å². The third-order valence-corrected chi connectivity index (χ3v) is 6.66. The standard InChI is InChI=1S/C24H22ClN3O4/c1-32-13-12-27-23(30)19-18-11-6-14-4-2-3-5-17(14)28(18)21(20(19)24(27)31)22(29)26-16-9-7-15(25)8-10-16/h2-11,18-21H,12-13H2,1H3,(H,26,29)/t18-,19-,20-,21+/m1/s1. The summed E-state index contributed by atoms with van der Waals surface area (Å²) >= 11 is 5.96. The second kappa shape index (κ2) is 8.07. The fourth-order valence-corrected chi connectivity index (χ4v) is 5.15. The molecule has 1 N–H and O–H groups in total. The molecule has 0 saturated carbocycles. The van der Waals surface area contributed by atoms with Crippen molar-refractivity contribution in [3.8, 4) is 0 Å². The molecule has 8 heteroatoms. The minimum Gasteiger partial charge on any atom is -0.383 e. The van der Waals surface area contributed by atoms with Gasteiger partial charge in [-0.05, 0) is 35.9 Å². The van der Waals surface area contributed by atoms with Crippen molar-refractivity contribution in [1.29, 1.82) is 0 Å². The second-order valence-electron chi connectivity index (χ2n) is 8.13. The monoisotopic (exact) mass is 451 g/mol. The first kappa shape index (κ1) is 20.7. The zero-order valence-electron chi connectivity index (χ0n) is 17.4. The maximum atomic E-state index is 13.6. The van der Waals surface area contributed by atoms with Crippen LogP contribution >= 0.6 is 11.6 Å². The largest absolute Gasteiger partial charge is 0.383 e. The SMILES string of the molecule is COCCN1C(=O)[C@@H]2[C@H](C1=O)[C@H]1C=Cc3ccccc3N1[C@@H]2C(=O)Nc1ccc(Cl)cc1. The number of amides is 3. The minimum atomic E-state index is -0.823. The van der Waals surface area contributed by atoms with Crippen LogP contribution in [0, 0.1) is 11.8 Å². The lowest BCUT2D eigenvalue weighted by atomic mass is 9.88. The quantitative estimate of drug-likeness (QED) is 0.707. The first-order chi connectivity index (χ1) is 15.5. The summed E-state index contributed by atoms with van der Waals surface area (Å²) in [5.74, 6) is -2.30. The predicted molar refractivity (Wildman–Crippen MR) is 121 cm³/mol. The van der Waals surface area contributed by atoms with Crippen molar-refractivity contribution in [2.24, 2.45) is 11.8 Å². The van der Waals surface area contributed by atoms with Gasteiger partial charge < -0.3 is 15.0 Å². The number of methoxy groups -OCH3 is 1. The van der Waals surface area contributed by atoms with E-state index in [9.17, 15) is 14.4 Å². The number of nitrogens with zero attached hydrogens (tertiary/aromatic N) is 2. The number of ether oxygens (including phenoxy) is 1. The number of benzene rings is 2. The predicted octanol–water partition coefficient (Wildman–Crippen LogP) is 2.81. The van der Waals surface area contributed by atoms with Crippen LogP contribution in [-0.4, -0.2) is 55.0 Å². The van der Waals surface area contributed by atoms with Gasteiger partial charge in [-0.1, -0.05) is 42.0 Å². The molecule has 2 aromatic rings. The van der Waals surface area contributed by atoms with Crippen molar-refractivity contribution >= 4 is 46.8 Å². The Balaban J connectivity index is 1.55. The Morgan fingerprint density at radius 2 is 1.78 bits per heavy atom. The number of carbonyl (C=O) groups excluding carboxylic acids is 3. The molecule has 3 aliphatic rings. The van der Waals surface area contributed by atoms with E-state index in [4.69, 9.17) is 16.3 Å². The van der Waals surface area contributed by atoms with Crippen LogP contribution in [0.5, 0.6) is 0 Å². The molecular formula is C24H22ClN3O4. The van der Waals surface area contributed by atoms with Crippen LogP contribution < -0.4 is 10.2 Å². The summed E-state index contributed by atoms with van der Waals surface area (Å²) in [7, 11) is 1.52. The van der Waals surface area contributed by atoms with Crippen LogP contribution in [0.15, 0.2) is 54.6 Å². The van der Waals surface area contributed by atoms with Crippen LogP contribution in [-0.2, 0) is 19.1 Å². The lowest BCUT2D eigenvalue weighted by Crippen LogP contribution is -2.50. The molecule has 7 nitrogen and oxygen atoms in total. The van der Waals surface area contributed by atoms with Gasteiger partial charge in [-0.2, -0.15) is 0 Å². The number of imide groups is 1. The highest BCUT2D eigenvalue weighted by Gasteiger charge is 2.63. The molecule has 0 radical (unpaired) electrons. The maximum Gasteiger partial charge on any atom is 0.247 e. The molecule has 2 aromatic carbocycles. The smallest absolute Gasteiger partial charge is 0.247 e. The molecule has 2 saturated heterocycles. The summed E-state index contributed by atoms with van der Waals surface area (Å²) < 4.78 is 5.08. The Kier molecular flexibility index (Phi) is 5.23. The zero-order chi connectivity index (χ0) is 22.4. The topological polar surface area (TPSA) is 79.0 Å². The summed E-state index contributed by atoms with van der Waals surface area (Å²) in [5, 5.41) is 3.47. The van der Waals surface area contributed by atoms with Crippen LogP contribution in [0.2, 0.25) is 5.02 Å². The number of hydrogen-bond acceptors (Lipinski definition) is 5. The van der Waals surface area contributed by atoms with Crippen molar-refractivity contribution in [3.63, 3.8) is 0 Å². The Bertz CT molecular complexity index is 1120. The molecule has 3 amide bonds. The summed E-state index contributed by atoms with van der Waals surface area (Å²) in [6.07, 6.45) is 3.89. The molecule has 0 aromatic heterocycles. The summed E-state index contributed by atoms with van der Waals surface area (Å²) in [6.45, 7) is 0.436. The van der Waals surface area contributed by atoms with Gasteiger partial charge in [0, 0.05) is 23.5 Å². The van der Waals surface area contributed by atoms with E-state index in [0.717, 1.165) is 11.3 Å². The van der Waals surface area contributed by atoms with E-state index in [1.54, 1.807) is 24.3 Å². The molecule has 5 rings (SSSR count). The number of para-hydroxylation sites is 1. The van der Waals surface area contributed by atoms with E-state index in [-0.39, 0.29) is 36.9 Å². The van der Waals surface area contributed by atoms with Crippen molar-refractivity contribution < 1.29 is 19.1 Å². The van der Waals surface area contributed by atoms with Gasteiger partial charge in [-0.3, -0.25) is 19.3 Å². The van der Waals surface area contributed by atoms with Gasteiger partial charge in [0.15, 0.2) is 0 Å². The van der Waals surface area contributed by atoms with Gasteiger partial charge in [-0.25, -0.2) is 0 Å². The summed E-state index contributed by atoms with van der Waals surface area (Å²) in [4.78, 5) is 43.4. The normalized spacial score (nSPS) is 25.6. The summed E-state index contributed by atoms with van der Waals surface area (Å²) in [5.41, 5.74) is 2.37. The fourth-order valence-electron chi connectivity index (χ4n) is 5.03. The van der Waals surface area contributed by atoms with Gasteiger partial charge in [-0.15, -0.1) is 0 Å². The summed E-state index contributed by atoms with van der Waals surface area (Å²) in [6, 6.07) is 13.3. The molecule has 164 valence electrons. The van der Waals surface area contributed by atoms with Gasteiger partial charge in [0.2, 0.25) is 17.7 Å². The van der Waals surface area contributed by atoms with Gasteiger partial charge in [0.1, 0.15) is 6.04 Å². The molecular weight excluding hydrogens is 430 g/mol. The molecule has 3 heterocycles. The Labute approximate surface area is 190 Å². The molecule has 0 aliphatic carbocycles. The molecule has 32 heavy (non-hydrogen) atoms. The molecule has 0 unspecified atom stereocenters. The Hall–Kier alpha value is -3.16. The number of hydrogen-bond donors (Lipinski definition) is 1. The van der Waals surface area contributed by atoms with Crippen LogP contribution in [0.25, 0.3) is 6.08 Å². The molecule has 0 bridgehead atoms. The number of rotatable bonds is 5. The fraction of sp³-hybridized carbons (Fsp3) is 0.292. The van der Waals surface area contributed by atoms with Crippen molar-refractivity contribution in [2.45, 2.75) is 12.1 Å². The Morgan fingerprint density at radius 3 is 2.53 bits per heavy atom. The van der Waals surface area contributed by atoms with Crippen LogP contribution in [0.3, 0.4) is 0 Å². The van der Waals surface area contributed by atoms with E-state index in [1.807, 2.05) is 41.3 Å². The highest BCUT2D eigenvalue weighted by molar-refractivity contribution is 6.30. The molecule has 4 atom stereocenters. The molecule has 0 spiro atoms. The number of carbonyl (C=O) groups is 3. The van der Waals surface area contributed by atoms with E-state index in [1.165, 1.54) is 12.0 Å². The first-order valence-corrected chi connectivity index (χ1v) is 10.8. The van der Waals surface area contributed by atoms with E-state index in [2.05, 4.69) is 5.32 Å². The van der Waals surface area contributed by atoms with Gasteiger partial charge >= 0.3 is 0 Å². The number of likely N-dealkylation sites (tertiary alicyclic amines) is 1. The maximum absolute atomic E-state index is 13.6. The van der Waals surface area contributed by atoms with Gasteiger partial charge in [0.25, 0.3) is 0 Å². The van der Waals surface area contributed by atoms with E-state index >= 15 is 0 Å². The number of anilines is 2. The number of halogens is 1. The van der Waals surface area contributed by atoms with E-state index < -0.39 is 17.9 Å². The third-order valence-electron chi connectivity index (χ3n) is 6.41. The van der Waals surface area contributed by atoms with Crippen LogP contribution in [0.1, 0.15) is 5.56 Å². The van der Waals surface area contributed by atoms with Crippen molar-refractivity contribution in [2.75, 3.05) is 30.5 Å². The minimum absolute atomic E-state index is 0.180. The molecule has 3 aliphatic heterocycles. The van der Waals surface area contributed by atoms with Crippen molar-refractivity contribution in [3.05, 3.63) is 65.2 Å². The number of fused-ring (bicyclic) bond motifs is 5. The average Bonchev–Trinajstić information content (AvgIpc) is 3.27. The Morgan fingerprint density at radius 1 is 1.06 bits per heavy atom. The highest BCUT2D eigenvalue weighted by atomic mass is 35.5. The average molecular weight is 452 g/mol. The lowest BCUT2D eigenvalue weighted by Gasteiger charge is -2.36. The van der Waals surface area contributed by atoms with Gasteiger partial charge in [0.05, 0.1) is 31.0 Å². The zero-order valence-corrected chi connectivity index (χ0v) is 18.2. The lowest BCUT2D eigenvalue weighted by molar-refractivity contribution is -0.141. The van der Waals surface area contributed by atoms with Crippen LogP contribution in [0.4, 0.5) is 11.4 Å². The highest BCUT2D eigenvalue weighted by Crippen LogP contribution is 2.48. The van der Waals surface area contributed by atoms with E-state index in [0.29, 0.717) is 10.7 Å². The third kappa shape index (κ3) is 3.20. The first-order valence-electron chi connectivity index (χ1n) is 10.5. The number of nitrogens with one attached hydrogen (secondary N) is 1. The molecule has 2 fully saturated rings.